The van der Waals surface area contributed by atoms with E-state index in [9.17, 15) is 4.79 Å². The molecular formula is C22H27NO4. The molecule has 0 atom stereocenters. The van der Waals surface area contributed by atoms with Crippen LogP contribution in [-0.4, -0.2) is 33.8 Å². The SMILES string of the molecule is CCCCOc1ccccc1N(C)C(=O)/C=C/c1ccc(OC)c(OC)c1. The van der Waals surface area contributed by atoms with Crippen LogP contribution in [0.4, 0.5) is 5.69 Å². The quantitative estimate of drug-likeness (QED) is 0.480. The molecule has 0 saturated carbocycles. The summed E-state index contributed by atoms with van der Waals surface area (Å²) in [5.74, 6) is 1.84. The summed E-state index contributed by atoms with van der Waals surface area (Å²) in [6.07, 6.45) is 5.32. The zero-order valence-electron chi connectivity index (χ0n) is 16.4. The Morgan fingerprint density at radius 2 is 1.78 bits per heavy atom. The molecule has 27 heavy (non-hydrogen) atoms. The van der Waals surface area contributed by atoms with Gasteiger partial charge in [-0.05, 0) is 42.3 Å². The zero-order valence-corrected chi connectivity index (χ0v) is 16.4. The fourth-order valence-corrected chi connectivity index (χ4v) is 2.54. The summed E-state index contributed by atoms with van der Waals surface area (Å²) < 4.78 is 16.3. The molecule has 0 aromatic heterocycles. The van der Waals surface area contributed by atoms with Crippen LogP contribution in [0, 0.1) is 0 Å². The van der Waals surface area contributed by atoms with E-state index in [1.807, 2.05) is 42.5 Å². The smallest absolute Gasteiger partial charge is 0.250 e. The molecule has 0 fully saturated rings. The van der Waals surface area contributed by atoms with E-state index in [2.05, 4.69) is 6.92 Å². The molecule has 0 bridgehead atoms. The second-order valence-corrected chi connectivity index (χ2v) is 6.01. The van der Waals surface area contributed by atoms with E-state index in [1.54, 1.807) is 32.2 Å². The van der Waals surface area contributed by atoms with Crippen LogP contribution >= 0.6 is 0 Å². The number of likely N-dealkylation sites (N-methyl/N-ethyl adjacent to an activating group) is 1. The van der Waals surface area contributed by atoms with Gasteiger partial charge in [0.25, 0.3) is 5.91 Å². The van der Waals surface area contributed by atoms with Crippen LogP contribution in [0.2, 0.25) is 0 Å². The number of carbonyl (C=O) groups excluding carboxylic acids is 1. The highest BCUT2D eigenvalue weighted by Gasteiger charge is 2.13. The van der Waals surface area contributed by atoms with Crippen molar-refractivity contribution in [2.24, 2.45) is 0 Å². The van der Waals surface area contributed by atoms with E-state index in [0.29, 0.717) is 23.9 Å². The van der Waals surface area contributed by atoms with Gasteiger partial charge >= 0.3 is 0 Å². The predicted octanol–water partition coefficient (Wildman–Crippen LogP) is 4.56. The van der Waals surface area contributed by atoms with Gasteiger partial charge in [0, 0.05) is 13.1 Å². The molecule has 144 valence electrons. The number of amides is 1. The summed E-state index contributed by atoms with van der Waals surface area (Å²) in [7, 11) is 4.91. The zero-order chi connectivity index (χ0) is 19.6. The summed E-state index contributed by atoms with van der Waals surface area (Å²) in [5, 5.41) is 0. The lowest BCUT2D eigenvalue weighted by molar-refractivity contribution is -0.113. The number of hydrogen-bond acceptors (Lipinski definition) is 4. The number of benzene rings is 2. The Hall–Kier alpha value is -2.95. The van der Waals surface area contributed by atoms with Crippen LogP contribution in [0.25, 0.3) is 6.08 Å². The van der Waals surface area contributed by atoms with Gasteiger partial charge in [-0.1, -0.05) is 31.5 Å². The lowest BCUT2D eigenvalue weighted by atomic mass is 10.2. The number of rotatable bonds is 9. The fourth-order valence-electron chi connectivity index (χ4n) is 2.54. The third-order valence-electron chi connectivity index (χ3n) is 4.14. The van der Waals surface area contributed by atoms with E-state index in [4.69, 9.17) is 14.2 Å². The minimum Gasteiger partial charge on any atom is -0.493 e. The number of hydrogen-bond donors (Lipinski definition) is 0. The monoisotopic (exact) mass is 369 g/mol. The molecular weight excluding hydrogens is 342 g/mol. The first kappa shape index (κ1) is 20.4. The van der Waals surface area contributed by atoms with Crippen molar-refractivity contribution in [3.8, 4) is 17.2 Å². The minimum absolute atomic E-state index is 0.142. The summed E-state index contributed by atoms with van der Waals surface area (Å²) >= 11 is 0. The third-order valence-corrected chi connectivity index (χ3v) is 4.14. The van der Waals surface area contributed by atoms with Crippen LogP contribution in [-0.2, 0) is 4.79 Å². The van der Waals surface area contributed by atoms with Crippen molar-refractivity contribution in [3.63, 3.8) is 0 Å². The summed E-state index contributed by atoms with van der Waals surface area (Å²) in [5.41, 5.74) is 1.59. The van der Waals surface area contributed by atoms with Gasteiger partial charge in [-0.2, -0.15) is 0 Å². The van der Waals surface area contributed by atoms with E-state index in [-0.39, 0.29) is 5.91 Å². The van der Waals surface area contributed by atoms with Crippen molar-refractivity contribution in [3.05, 3.63) is 54.1 Å². The fraction of sp³-hybridized carbons (Fsp3) is 0.318. The molecule has 0 aliphatic rings. The van der Waals surface area contributed by atoms with Crippen molar-refractivity contribution in [2.45, 2.75) is 19.8 Å². The molecule has 0 spiro atoms. The van der Waals surface area contributed by atoms with E-state index < -0.39 is 0 Å². The number of ether oxygens (including phenoxy) is 3. The van der Waals surface area contributed by atoms with Crippen molar-refractivity contribution in [2.75, 3.05) is 32.8 Å². The van der Waals surface area contributed by atoms with E-state index in [1.165, 1.54) is 6.08 Å². The molecule has 0 N–H and O–H groups in total. The number of anilines is 1. The molecule has 0 heterocycles. The molecule has 2 rings (SSSR count). The predicted molar refractivity (Wildman–Crippen MR) is 109 cm³/mol. The Labute approximate surface area is 161 Å². The van der Waals surface area contributed by atoms with Gasteiger partial charge in [0.1, 0.15) is 5.75 Å². The highest BCUT2D eigenvalue weighted by Crippen LogP contribution is 2.29. The van der Waals surface area contributed by atoms with Gasteiger partial charge in [0.05, 0.1) is 26.5 Å². The highest BCUT2D eigenvalue weighted by molar-refractivity contribution is 6.04. The second-order valence-electron chi connectivity index (χ2n) is 6.01. The summed E-state index contributed by atoms with van der Waals surface area (Å²) in [6, 6.07) is 13.1. The Kier molecular flexibility index (Phi) is 7.74. The molecule has 5 heteroatoms. The largest absolute Gasteiger partial charge is 0.493 e. The van der Waals surface area contributed by atoms with Crippen LogP contribution in [0.15, 0.2) is 48.5 Å². The number of nitrogens with zero attached hydrogens (tertiary/aromatic N) is 1. The first-order valence-corrected chi connectivity index (χ1v) is 9.00. The molecule has 0 unspecified atom stereocenters. The Morgan fingerprint density at radius 1 is 1.04 bits per heavy atom. The van der Waals surface area contributed by atoms with Crippen molar-refractivity contribution in [1.29, 1.82) is 0 Å². The lowest BCUT2D eigenvalue weighted by Gasteiger charge is -2.19. The number of unbranched alkanes of at least 4 members (excludes halogenated alkanes) is 1. The molecule has 2 aromatic carbocycles. The maximum Gasteiger partial charge on any atom is 0.250 e. The molecule has 0 aliphatic heterocycles. The van der Waals surface area contributed by atoms with Gasteiger partial charge in [-0.25, -0.2) is 0 Å². The van der Waals surface area contributed by atoms with Gasteiger partial charge in [0.15, 0.2) is 11.5 Å². The normalized spacial score (nSPS) is 10.7. The van der Waals surface area contributed by atoms with E-state index >= 15 is 0 Å². The molecule has 1 amide bonds. The molecule has 2 aromatic rings. The van der Waals surface area contributed by atoms with Crippen LogP contribution < -0.4 is 19.1 Å². The number of carbonyl (C=O) groups is 1. The lowest BCUT2D eigenvalue weighted by Crippen LogP contribution is -2.24. The average molecular weight is 369 g/mol. The van der Waals surface area contributed by atoms with Gasteiger partial charge in [-0.15, -0.1) is 0 Å². The summed E-state index contributed by atoms with van der Waals surface area (Å²) in [4.78, 5) is 14.2. The van der Waals surface area contributed by atoms with Crippen molar-refractivity contribution < 1.29 is 19.0 Å². The van der Waals surface area contributed by atoms with Gasteiger partial charge < -0.3 is 19.1 Å². The second kappa shape index (κ2) is 10.3. The average Bonchev–Trinajstić information content (AvgIpc) is 2.71. The molecule has 0 saturated heterocycles. The maximum atomic E-state index is 12.6. The molecule has 0 aliphatic carbocycles. The van der Waals surface area contributed by atoms with E-state index in [0.717, 1.165) is 24.1 Å². The van der Waals surface area contributed by atoms with Crippen LogP contribution in [0.5, 0.6) is 17.2 Å². The maximum absolute atomic E-state index is 12.6. The van der Waals surface area contributed by atoms with Crippen molar-refractivity contribution >= 4 is 17.7 Å². The molecule has 0 radical (unpaired) electrons. The first-order chi connectivity index (χ1) is 13.1. The topological polar surface area (TPSA) is 48.0 Å². The van der Waals surface area contributed by atoms with Crippen LogP contribution in [0.1, 0.15) is 25.3 Å². The number of para-hydroxylation sites is 2. The summed E-state index contributed by atoms with van der Waals surface area (Å²) in [6.45, 7) is 2.75. The van der Waals surface area contributed by atoms with Gasteiger partial charge in [0.2, 0.25) is 0 Å². The standard InChI is InChI=1S/C22H27NO4/c1-5-6-15-27-19-10-8-7-9-18(19)23(2)22(24)14-12-17-11-13-20(25-3)21(16-17)26-4/h7-14,16H,5-6,15H2,1-4H3/b14-12+. The third kappa shape index (κ3) is 5.51. The van der Waals surface area contributed by atoms with Crippen molar-refractivity contribution in [1.82, 2.24) is 0 Å². The Balaban J connectivity index is 2.13. The number of methoxy groups -OCH3 is 2. The minimum atomic E-state index is -0.142. The Bertz CT molecular complexity index is 786. The van der Waals surface area contributed by atoms with Crippen LogP contribution in [0.3, 0.4) is 0 Å². The molecule has 5 nitrogen and oxygen atoms in total. The van der Waals surface area contributed by atoms with Gasteiger partial charge in [-0.3, -0.25) is 4.79 Å². The first-order valence-electron chi connectivity index (χ1n) is 9.00. The highest BCUT2D eigenvalue weighted by atomic mass is 16.5. The Morgan fingerprint density at radius 3 is 2.48 bits per heavy atom.